The maximum Gasteiger partial charge on any atom is 0.234 e. The molecule has 0 bridgehead atoms. The number of hydrogen-bond donors (Lipinski definition) is 3. The van der Waals surface area contributed by atoms with Gasteiger partial charge >= 0.3 is 0 Å². The van der Waals surface area contributed by atoms with Gasteiger partial charge in [-0.2, -0.15) is 0 Å². The molecular formula is C14H22N2O4. The molecule has 0 spiro atoms. The summed E-state index contributed by atoms with van der Waals surface area (Å²) in [4.78, 5) is 11.5. The topological polar surface area (TPSA) is 79.8 Å². The zero-order chi connectivity index (χ0) is 15.0. The van der Waals surface area contributed by atoms with Gasteiger partial charge in [0.2, 0.25) is 5.91 Å². The predicted molar refractivity (Wildman–Crippen MR) is 76.0 cm³/mol. The van der Waals surface area contributed by atoms with Crippen molar-refractivity contribution in [2.45, 2.75) is 13.0 Å². The molecular weight excluding hydrogens is 260 g/mol. The van der Waals surface area contributed by atoms with E-state index in [0.29, 0.717) is 18.9 Å². The number of hydrogen-bond acceptors (Lipinski definition) is 5. The van der Waals surface area contributed by atoms with Gasteiger partial charge in [0, 0.05) is 19.7 Å². The van der Waals surface area contributed by atoms with Crippen LogP contribution in [0.15, 0.2) is 18.2 Å². The summed E-state index contributed by atoms with van der Waals surface area (Å²) in [6, 6.07) is 5.08. The second-order valence-electron chi connectivity index (χ2n) is 4.38. The third kappa shape index (κ3) is 5.07. The number of rotatable bonds is 8. The molecule has 0 aromatic heterocycles. The highest BCUT2D eigenvalue weighted by molar-refractivity contribution is 5.78. The molecule has 0 radical (unpaired) electrons. The highest BCUT2D eigenvalue weighted by Gasteiger charge is 2.10. The number of carbonyl (C=O) groups is 1. The van der Waals surface area contributed by atoms with Gasteiger partial charge in [-0.15, -0.1) is 0 Å². The number of amides is 1. The molecule has 112 valence electrons. The number of methoxy groups -OCH3 is 2. The number of phenols is 1. The smallest absolute Gasteiger partial charge is 0.234 e. The van der Waals surface area contributed by atoms with Gasteiger partial charge in [0.1, 0.15) is 0 Å². The minimum absolute atomic E-state index is 0.0299. The zero-order valence-electron chi connectivity index (χ0n) is 12.1. The van der Waals surface area contributed by atoms with E-state index in [2.05, 4.69) is 10.6 Å². The zero-order valence-corrected chi connectivity index (χ0v) is 12.1. The summed E-state index contributed by atoms with van der Waals surface area (Å²) in [6.07, 6.45) is 0. The normalized spacial score (nSPS) is 11.9. The molecule has 0 aliphatic carbocycles. The molecule has 0 aliphatic rings. The molecule has 3 N–H and O–H groups in total. The van der Waals surface area contributed by atoms with Crippen LogP contribution in [-0.2, 0) is 9.53 Å². The van der Waals surface area contributed by atoms with Crippen molar-refractivity contribution >= 4 is 5.91 Å². The van der Waals surface area contributed by atoms with Crippen molar-refractivity contribution in [3.05, 3.63) is 23.8 Å². The molecule has 1 amide bonds. The highest BCUT2D eigenvalue weighted by atomic mass is 16.5. The van der Waals surface area contributed by atoms with E-state index in [1.807, 2.05) is 6.92 Å². The molecule has 1 unspecified atom stereocenters. The van der Waals surface area contributed by atoms with Crippen LogP contribution in [0.5, 0.6) is 11.5 Å². The standard InChI is InChI=1S/C14H22N2O4/c1-10(16-9-14(18)15-6-7-19-2)11-4-5-12(17)13(8-11)20-3/h4-5,8,10,16-17H,6-7,9H2,1-3H3,(H,15,18). The molecule has 0 fully saturated rings. The summed E-state index contributed by atoms with van der Waals surface area (Å²) in [7, 11) is 3.09. The van der Waals surface area contributed by atoms with Crippen LogP contribution in [0.3, 0.4) is 0 Å². The average molecular weight is 282 g/mol. The first-order valence-electron chi connectivity index (χ1n) is 6.44. The van der Waals surface area contributed by atoms with Crippen molar-refractivity contribution in [1.29, 1.82) is 0 Å². The lowest BCUT2D eigenvalue weighted by Crippen LogP contribution is -2.36. The van der Waals surface area contributed by atoms with Gasteiger partial charge in [0.05, 0.1) is 20.3 Å². The van der Waals surface area contributed by atoms with E-state index >= 15 is 0 Å². The quantitative estimate of drug-likeness (QED) is 0.615. The Bertz CT molecular complexity index is 437. The van der Waals surface area contributed by atoms with Gasteiger partial charge in [-0.05, 0) is 24.6 Å². The van der Waals surface area contributed by atoms with Crippen LogP contribution in [0.25, 0.3) is 0 Å². The SMILES string of the molecule is COCCNC(=O)CNC(C)c1ccc(O)c(OC)c1. The van der Waals surface area contributed by atoms with E-state index in [1.165, 1.54) is 7.11 Å². The Hall–Kier alpha value is -1.79. The largest absolute Gasteiger partial charge is 0.504 e. The van der Waals surface area contributed by atoms with Crippen LogP contribution >= 0.6 is 0 Å². The summed E-state index contributed by atoms with van der Waals surface area (Å²) in [5.41, 5.74) is 0.935. The Kier molecular flexibility index (Phi) is 6.83. The lowest BCUT2D eigenvalue weighted by atomic mass is 10.1. The van der Waals surface area contributed by atoms with Crippen LogP contribution in [0.1, 0.15) is 18.5 Å². The van der Waals surface area contributed by atoms with Gasteiger partial charge in [0.25, 0.3) is 0 Å². The number of nitrogens with one attached hydrogen (secondary N) is 2. The van der Waals surface area contributed by atoms with Crippen molar-refractivity contribution in [1.82, 2.24) is 10.6 Å². The molecule has 20 heavy (non-hydrogen) atoms. The first-order chi connectivity index (χ1) is 9.58. The molecule has 1 aromatic carbocycles. The number of aromatic hydroxyl groups is 1. The predicted octanol–water partition coefficient (Wildman–Crippen LogP) is 0.814. The lowest BCUT2D eigenvalue weighted by Gasteiger charge is -2.15. The summed E-state index contributed by atoms with van der Waals surface area (Å²) in [5.74, 6) is 0.432. The minimum atomic E-state index is -0.0837. The first kappa shape index (κ1) is 16.3. The van der Waals surface area contributed by atoms with Gasteiger partial charge in [-0.3, -0.25) is 4.79 Å². The fourth-order valence-electron chi connectivity index (χ4n) is 1.68. The van der Waals surface area contributed by atoms with Crippen LogP contribution in [0.4, 0.5) is 0 Å². The van der Waals surface area contributed by atoms with E-state index in [-0.39, 0.29) is 24.2 Å². The van der Waals surface area contributed by atoms with Crippen molar-refractivity contribution < 1.29 is 19.4 Å². The van der Waals surface area contributed by atoms with Gasteiger partial charge in [-0.25, -0.2) is 0 Å². The number of carbonyl (C=O) groups excluding carboxylic acids is 1. The van der Waals surface area contributed by atoms with E-state index in [9.17, 15) is 9.90 Å². The van der Waals surface area contributed by atoms with Crippen LogP contribution in [-0.4, -0.2) is 44.9 Å². The van der Waals surface area contributed by atoms with E-state index in [4.69, 9.17) is 9.47 Å². The summed E-state index contributed by atoms with van der Waals surface area (Å²) in [6.45, 7) is 3.15. The summed E-state index contributed by atoms with van der Waals surface area (Å²) < 4.78 is 9.91. The van der Waals surface area contributed by atoms with E-state index in [0.717, 1.165) is 5.56 Å². The molecule has 1 aromatic rings. The van der Waals surface area contributed by atoms with Crippen LogP contribution in [0, 0.1) is 0 Å². The Balaban J connectivity index is 2.46. The number of ether oxygens (including phenoxy) is 2. The monoisotopic (exact) mass is 282 g/mol. The van der Waals surface area contributed by atoms with Gasteiger partial charge < -0.3 is 25.2 Å². The summed E-state index contributed by atoms with van der Waals surface area (Å²) >= 11 is 0. The fourth-order valence-corrected chi connectivity index (χ4v) is 1.68. The van der Waals surface area contributed by atoms with Crippen molar-refractivity contribution in [2.75, 3.05) is 33.9 Å². The minimum Gasteiger partial charge on any atom is -0.504 e. The first-order valence-corrected chi connectivity index (χ1v) is 6.44. The third-order valence-electron chi connectivity index (χ3n) is 2.90. The Morgan fingerprint density at radius 3 is 2.80 bits per heavy atom. The molecule has 6 nitrogen and oxygen atoms in total. The second-order valence-corrected chi connectivity index (χ2v) is 4.38. The van der Waals surface area contributed by atoms with E-state index < -0.39 is 0 Å². The maximum atomic E-state index is 11.5. The molecule has 0 heterocycles. The Labute approximate surface area is 119 Å². The van der Waals surface area contributed by atoms with Crippen LogP contribution < -0.4 is 15.4 Å². The van der Waals surface area contributed by atoms with Crippen molar-refractivity contribution in [2.24, 2.45) is 0 Å². The molecule has 0 aliphatic heterocycles. The summed E-state index contributed by atoms with van der Waals surface area (Å²) in [5, 5.41) is 15.4. The number of benzene rings is 1. The third-order valence-corrected chi connectivity index (χ3v) is 2.90. The molecule has 6 heteroatoms. The van der Waals surface area contributed by atoms with Crippen LogP contribution in [0.2, 0.25) is 0 Å². The fraction of sp³-hybridized carbons (Fsp3) is 0.500. The molecule has 1 rings (SSSR count). The van der Waals surface area contributed by atoms with Gasteiger partial charge in [-0.1, -0.05) is 6.07 Å². The second kappa shape index (κ2) is 8.39. The Morgan fingerprint density at radius 2 is 2.15 bits per heavy atom. The lowest BCUT2D eigenvalue weighted by molar-refractivity contribution is -0.120. The molecule has 0 saturated heterocycles. The molecule has 0 saturated carbocycles. The maximum absolute atomic E-state index is 11.5. The van der Waals surface area contributed by atoms with Crippen molar-refractivity contribution in [3.63, 3.8) is 0 Å². The number of phenolic OH excluding ortho intramolecular Hbond substituents is 1. The molecule has 1 atom stereocenters. The average Bonchev–Trinajstić information content (AvgIpc) is 2.45. The highest BCUT2D eigenvalue weighted by Crippen LogP contribution is 2.28. The Morgan fingerprint density at radius 1 is 1.40 bits per heavy atom. The van der Waals surface area contributed by atoms with E-state index in [1.54, 1.807) is 25.3 Å². The van der Waals surface area contributed by atoms with Crippen molar-refractivity contribution in [3.8, 4) is 11.5 Å². The van der Waals surface area contributed by atoms with Gasteiger partial charge in [0.15, 0.2) is 11.5 Å².